The number of nitrogens with two attached hydrogens (primary N) is 1. The van der Waals surface area contributed by atoms with Crippen molar-refractivity contribution >= 4 is 11.8 Å². The Morgan fingerprint density at radius 2 is 1.81 bits per heavy atom. The number of primary amides is 1. The molecule has 0 saturated heterocycles. The molecule has 3 aromatic rings. The molecule has 0 bridgehead atoms. The molecule has 1 heterocycles. The number of carbonyl (C=O) groups excluding carboxylic acids is 2. The molecule has 3 rings (SSSR count). The van der Waals surface area contributed by atoms with Crippen molar-refractivity contribution in [2.45, 2.75) is 12.5 Å². The molecule has 1 aromatic heterocycles. The van der Waals surface area contributed by atoms with E-state index in [2.05, 4.69) is 10.3 Å². The number of pyridine rings is 1. The molecule has 6 heteroatoms. The van der Waals surface area contributed by atoms with E-state index in [1.807, 2.05) is 30.3 Å². The number of benzene rings is 2. The Balaban J connectivity index is 1.71. The van der Waals surface area contributed by atoms with Crippen LogP contribution in [-0.4, -0.2) is 22.8 Å². The first-order valence-corrected chi connectivity index (χ1v) is 8.39. The highest BCUT2D eigenvalue weighted by Gasteiger charge is 2.19. The first-order chi connectivity index (χ1) is 13.0. The second-order valence-electron chi connectivity index (χ2n) is 6.06. The second-order valence-corrected chi connectivity index (χ2v) is 6.06. The van der Waals surface area contributed by atoms with E-state index >= 15 is 0 Å². The predicted octanol–water partition coefficient (Wildman–Crippen LogP) is 2.71. The summed E-state index contributed by atoms with van der Waals surface area (Å²) in [5, 5.41) is 2.64. The third kappa shape index (κ3) is 4.76. The number of carbonyl (C=O) groups is 2. The van der Waals surface area contributed by atoms with E-state index in [0.717, 1.165) is 5.56 Å². The van der Waals surface area contributed by atoms with Gasteiger partial charge in [-0.05, 0) is 29.8 Å². The minimum atomic E-state index is -0.831. The van der Waals surface area contributed by atoms with Gasteiger partial charge in [-0.25, -0.2) is 4.39 Å². The molecule has 0 fully saturated rings. The molecule has 0 radical (unpaired) electrons. The van der Waals surface area contributed by atoms with Crippen molar-refractivity contribution in [2.24, 2.45) is 5.73 Å². The summed E-state index contributed by atoms with van der Waals surface area (Å²) in [6.45, 7) is 0. The number of rotatable bonds is 6. The van der Waals surface area contributed by atoms with Gasteiger partial charge in [-0.2, -0.15) is 0 Å². The van der Waals surface area contributed by atoms with Crippen LogP contribution in [0, 0.1) is 5.82 Å². The standard InChI is InChI=1S/C21H18FN3O2/c22-17-8-4-7-15(12-17)18-10-9-16(13-24-18)21(27)25-19(20(23)26)11-14-5-2-1-3-6-14/h1-10,12-13,19H,11H2,(H2,23,26)(H,25,27)/t19-/m0/s1. The lowest BCUT2D eigenvalue weighted by Crippen LogP contribution is -2.45. The summed E-state index contributed by atoms with van der Waals surface area (Å²) in [4.78, 5) is 28.3. The molecule has 0 aliphatic heterocycles. The van der Waals surface area contributed by atoms with Crippen LogP contribution in [0.5, 0.6) is 0 Å². The summed E-state index contributed by atoms with van der Waals surface area (Å²) in [6.07, 6.45) is 1.69. The predicted molar refractivity (Wildman–Crippen MR) is 100 cm³/mol. The van der Waals surface area contributed by atoms with Gasteiger partial charge in [0.15, 0.2) is 0 Å². The zero-order valence-corrected chi connectivity index (χ0v) is 14.4. The SMILES string of the molecule is NC(=O)[C@H](Cc1ccccc1)NC(=O)c1ccc(-c2cccc(F)c2)nc1. The zero-order valence-electron chi connectivity index (χ0n) is 14.4. The van der Waals surface area contributed by atoms with Crippen molar-refractivity contribution in [2.75, 3.05) is 0 Å². The van der Waals surface area contributed by atoms with Crippen molar-refractivity contribution < 1.29 is 14.0 Å². The monoisotopic (exact) mass is 363 g/mol. The summed E-state index contributed by atoms with van der Waals surface area (Å²) in [7, 11) is 0. The number of hydrogen-bond acceptors (Lipinski definition) is 3. The van der Waals surface area contributed by atoms with Gasteiger partial charge in [-0.1, -0.05) is 42.5 Å². The Morgan fingerprint density at radius 1 is 1.04 bits per heavy atom. The summed E-state index contributed by atoms with van der Waals surface area (Å²) in [6, 6.07) is 17.7. The lowest BCUT2D eigenvalue weighted by atomic mass is 10.0. The number of aromatic nitrogens is 1. The molecule has 0 aliphatic carbocycles. The smallest absolute Gasteiger partial charge is 0.253 e. The van der Waals surface area contributed by atoms with Gasteiger partial charge in [0, 0.05) is 18.2 Å². The third-order valence-corrected chi connectivity index (χ3v) is 4.08. The van der Waals surface area contributed by atoms with E-state index in [-0.39, 0.29) is 11.4 Å². The first kappa shape index (κ1) is 18.3. The molecule has 27 heavy (non-hydrogen) atoms. The maximum absolute atomic E-state index is 13.3. The average Bonchev–Trinajstić information content (AvgIpc) is 2.68. The molecule has 1 atom stereocenters. The van der Waals surface area contributed by atoms with Crippen molar-refractivity contribution in [3.8, 4) is 11.3 Å². The number of nitrogens with zero attached hydrogens (tertiary/aromatic N) is 1. The molecule has 0 saturated carbocycles. The fraction of sp³-hybridized carbons (Fsp3) is 0.0952. The van der Waals surface area contributed by atoms with Crippen LogP contribution in [0.4, 0.5) is 4.39 Å². The van der Waals surface area contributed by atoms with Crippen molar-refractivity contribution in [3.05, 3.63) is 89.9 Å². The maximum Gasteiger partial charge on any atom is 0.253 e. The summed E-state index contributed by atoms with van der Waals surface area (Å²) in [5.41, 5.74) is 7.75. The van der Waals surface area contributed by atoms with E-state index in [1.54, 1.807) is 24.3 Å². The van der Waals surface area contributed by atoms with Gasteiger partial charge in [-0.15, -0.1) is 0 Å². The lowest BCUT2D eigenvalue weighted by Gasteiger charge is -2.15. The fourth-order valence-corrected chi connectivity index (χ4v) is 2.66. The molecule has 5 nitrogen and oxygen atoms in total. The number of amides is 2. The fourth-order valence-electron chi connectivity index (χ4n) is 2.66. The molecule has 0 unspecified atom stereocenters. The van der Waals surface area contributed by atoms with E-state index < -0.39 is 17.9 Å². The van der Waals surface area contributed by atoms with E-state index in [9.17, 15) is 14.0 Å². The van der Waals surface area contributed by atoms with Crippen LogP contribution < -0.4 is 11.1 Å². The largest absolute Gasteiger partial charge is 0.368 e. The van der Waals surface area contributed by atoms with E-state index in [1.165, 1.54) is 18.3 Å². The molecule has 3 N–H and O–H groups in total. The molecular formula is C21H18FN3O2. The van der Waals surface area contributed by atoms with Gasteiger partial charge in [0.2, 0.25) is 5.91 Å². The van der Waals surface area contributed by atoms with Crippen LogP contribution in [0.1, 0.15) is 15.9 Å². The van der Waals surface area contributed by atoms with Crippen LogP contribution in [0.25, 0.3) is 11.3 Å². The first-order valence-electron chi connectivity index (χ1n) is 8.39. The second kappa shape index (κ2) is 8.23. The van der Waals surface area contributed by atoms with Crippen molar-refractivity contribution in [1.29, 1.82) is 0 Å². The van der Waals surface area contributed by atoms with Crippen LogP contribution in [-0.2, 0) is 11.2 Å². The number of halogens is 1. The van der Waals surface area contributed by atoms with Crippen molar-refractivity contribution in [3.63, 3.8) is 0 Å². The Bertz CT molecular complexity index is 943. The molecule has 2 aromatic carbocycles. The quantitative estimate of drug-likeness (QED) is 0.706. The Hall–Kier alpha value is -3.54. The zero-order chi connectivity index (χ0) is 19.2. The van der Waals surface area contributed by atoms with Crippen LogP contribution in [0.3, 0.4) is 0 Å². The minimum absolute atomic E-state index is 0.287. The number of nitrogens with one attached hydrogen (secondary N) is 1. The van der Waals surface area contributed by atoms with Crippen LogP contribution in [0.2, 0.25) is 0 Å². The Morgan fingerprint density at radius 3 is 2.44 bits per heavy atom. The lowest BCUT2D eigenvalue weighted by molar-refractivity contribution is -0.119. The van der Waals surface area contributed by atoms with Gasteiger partial charge in [0.25, 0.3) is 5.91 Å². The molecule has 2 amide bonds. The van der Waals surface area contributed by atoms with Gasteiger partial charge in [-0.3, -0.25) is 14.6 Å². The highest BCUT2D eigenvalue weighted by molar-refractivity contribution is 5.97. The summed E-state index contributed by atoms with van der Waals surface area (Å²) >= 11 is 0. The molecular weight excluding hydrogens is 345 g/mol. The normalized spacial score (nSPS) is 11.6. The highest BCUT2D eigenvalue weighted by Crippen LogP contribution is 2.18. The Kier molecular flexibility index (Phi) is 5.56. The maximum atomic E-state index is 13.3. The van der Waals surface area contributed by atoms with Crippen LogP contribution in [0.15, 0.2) is 72.9 Å². The molecule has 0 spiro atoms. The van der Waals surface area contributed by atoms with E-state index in [4.69, 9.17) is 5.73 Å². The minimum Gasteiger partial charge on any atom is -0.368 e. The van der Waals surface area contributed by atoms with Gasteiger partial charge in [0.05, 0.1) is 11.3 Å². The van der Waals surface area contributed by atoms with Gasteiger partial charge >= 0.3 is 0 Å². The number of hydrogen-bond donors (Lipinski definition) is 2. The van der Waals surface area contributed by atoms with E-state index in [0.29, 0.717) is 17.7 Å². The molecule has 136 valence electrons. The average molecular weight is 363 g/mol. The van der Waals surface area contributed by atoms with Crippen LogP contribution >= 0.6 is 0 Å². The third-order valence-electron chi connectivity index (χ3n) is 4.08. The summed E-state index contributed by atoms with van der Waals surface area (Å²) < 4.78 is 13.3. The highest BCUT2D eigenvalue weighted by atomic mass is 19.1. The van der Waals surface area contributed by atoms with Gasteiger partial charge < -0.3 is 11.1 Å². The topological polar surface area (TPSA) is 85.1 Å². The van der Waals surface area contributed by atoms with Gasteiger partial charge in [0.1, 0.15) is 11.9 Å². The molecule has 0 aliphatic rings. The Labute approximate surface area is 156 Å². The van der Waals surface area contributed by atoms with Crippen molar-refractivity contribution in [1.82, 2.24) is 10.3 Å². The summed E-state index contributed by atoms with van der Waals surface area (Å²) in [5.74, 6) is -1.43.